The van der Waals surface area contributed by atoms with E-state index >= 15 is 0 Å². The maximum absolute atomic E-state index is 12.5. The number of benzene rings is 1. The molecule has 0 saturated heterocycles. The third-order valence-electron chi connectivity index (χ3n) is 3.28. The second-order valence-electron chi connectivity index (χ2n) is 4.78. The first-order valence-corrected chi connectivity index (χ1v) is 8.05. The first-order chi connectivity index (χ1) is 10.6. The van der Waals surface area contributed by atoms with Gasteiger partial charge in [0, 0.05) is 25.1 Å². The van der Waals surface area contributed by atoms with Gasteiger partial charge in [-0.1, -0.05) is 0 Å². The van der Waals surface area contributed by atoms with E-state index in [1.165, 1.54) is 17.7 Å². The summed E-state index contributed by atoms with van der Waals surface area (Å²) in [5.41, 5.74) is 0.904. The third-order valence-corrected chi connectivity index (χ3v) is 5.10. The molecule has 0 saturated carbocycles. The Balaban J connectivity index is 1.82. The van der Waals surface area contributed by atoms with Crippen LogP contribution in [0.5, 0.6) is 0 Å². The lowest BCUT2D eigenvalue weighted by atomic mass is 10.3. The first-order valence-electron chi connectivity index (χ1n) is 6.61. The van der Waals surface area contributed by atoms with Gasteiger partial charge in [-0.05, 0) is 36.4 Å². The fraction of sp³-hybridized carbons (Fsp3) is 0.143. The molecule has 0 aliphatic rings. The second-order valence-corrected chi connectivity index (χ2v) is 6.82. The number of aromatic amines is 1. The smallest absolute Gasteiger partial charge is 0.243 e. The Morgan fingerprint density at radius 1 is 1.18 bits per heavy atom. The number of nitrogens with one attached hydrogen (secondary N) is 1. The van der Waals surface area contributed by atoms with Crippen LogP contribution in [0.3, 0.4) is 0 Å². The van der Waals surface area contributed by atoms with Gasteiger partial charge in [0.1, 0.15) is 12.2 Å². The lowest BCUT2D eigenvalue weighted by Crippen LogP contribution is -2.27. The zero-order chi connectivity index (χ0) is 15.6. The molecule has 0 atom stereocenters. The molecule has 3 aromatic rings. The van der Waals surface area contributed by atoms with Gasteiger partial charge in [-0.25, -0.2) is 13.4 Å². The molecule has 0 spiro atoms. The van der Waals surface area contributed by atoms with Crippen molar-refractivity contribution in [3.8, 4) is 5.69 Å². The summed E-state index contributed by atoms with van der Waals surface area (Å²) in [6, 6.07) is 10.6. The lowest BCUT2D eigenvalue weighted by Gasteiger charge is -2.16. The number of hydrogen-bond acceptors (Lipinski definition) is 4. The van der Waals surface area contributed by atoms with Crippen molar-refractivity contribution < 1.29 is 8.42 Å². The lowest BCUT2D eigenvalue weighted by molar-refractivity contribution is 0.457. The largest absolute Gasteiger partial charge is 0.324 e. The van der Waals surface area contributed by atoms with Gasteiger partial charge in [0.2, 0.25) is 10.0 Å². The summed E-state index contributed by atoms with van der Waals surface area (Å²) in [5, 5.41) is 6.36. The molecule has 0 bridgehead atoms. The van der Waals surface area contributed by atoms with Crippen LogP contribution in [-0.2, 0) is 16.6 Å². The van der Waals surface area contributed by atoms with Gasteiger partial charge >= 0.3 is 0 Å². The molecule has 1 aromatic carbocycles. The zero-order valence-corrected chi connectivity index (χ0v) is 12.7. The highest BCUT2D eigenvalue weighted by Crippen LogP contribution is 2.18. The van der Waals surface area contributed by atoms with E-state index in [1.54, 1.807) is 24.3 Å². The molecule has 1 N–H and O–H groups in total. The minimum Gasteiger partial charge on any atom is -0.324 e. The van der Waals surface area contributed by atoms with Crippen molar-refractivity contribution in [3.05, 3.63) is 60.9 Å². The molecule has 2 aromatic heterocycles. The molecule has 114 valence electrons. The van der Waals surface area contributed by atoms with Crippen LogP contribution in [0.15, 0.2) is 60.0 Å². The number of aromatic nitrogens is 4. The Hall–Kier alpha value is -2.45. The quantitative estimate of drug-likeness (QED) is 0.771. The molecule has 3 rings (SSSR count). The number of hydrogen-bond donors (Lipinski definition) is 1. The van der Waals surface area contributed by atoms with Gasteiger partial charge in [-0.2, -0.15) is 9.40 Å². The summed E-state index contributed by atoms with van der Waals surface area (Å²) >= 11 is 0. The highest BCUT2D eigenvalue weighted by Gasteiger charge is 2.21. The Kier molecular flexibility index (Phi) is 3.78. The average Bonchev–Trinajstić information content (AvgIpc) is 3.20. The van der Waals surface area contributed by atoms with Crippen LogP contribution in [0.25, 0.3) is 5.69 Å². The SMILES string of the molecule is CN(Cc1ncn[nH]1)S(=O)(=O)c1ccc(-n2cccc2)cc1. The highest BCUT2D eigenvalue weighted by atomic mass is 32.2. The Morgan fingerprint density at radius 2 is 1.86 bits per heavy atom. The van der Waals surface area contributed by atoms with Crippen molar-refractivity contribution in [2.45, 2.75) is 11.4 Å². The third kappa shape index (κ3) is 2.78. The molecule has 0 aliphatic carbocycles. The van der Waals surface area contributed by atoms with E-state index in [-0.39, 0.29) is 11.4 Å². The molecule has 2 heterocycles. The van der Waals surface area contributed by atoms with Crippen LogP contribution in [-0.4, -0.2) is 39.5 Å². The zero-order valence-electron chi connectivity index (χ0n) is 11.9. The van der Waals surface area contributed by atoms with Crippen LogP contribution in [0.4, 0.5) is 0 Å². The summed E-state index contributed by atoms with van der Waals surface area (Å²) in [4.78, 5) is 4.18. The van der Waals surface area contributed by atoms with E-state index < -0.39 is 10.0 Å². The first kappa shape index (κ1) is 14.5. The predicted octanol–water partition coefficient (Wildman–Crippen LogP) is 1.42. The van der Waals surface area contributed by atoms with Gasteiger partial charge in [-0.15, -0.1) is 0 Å². The minimum atomic E-state index is -3.56. The van der Waals surface area contributed by atoms with E-state index in [0.717, 1.165) is 5.69 Å². The molecule has 0 unspecified atom stereocenters. The van der Waals surface area contributed by atoms with Crippen molar-refractivity contribution >= 4 is 10.0 Å². The average molecular weight is 317 g/mol. The van der Waals surface area contributed by atoms with Crippen LogP contribution in [0.2, 0.25) is 0 Å². The fourth-order valence-electron chi connectivity index (χ4n) is 2.08. The standard InChI is InChI=1S/C14H15N5O2S/c1-18(10-14-15-11-16-17-14)22(20,21)13-6-4-12(5-7-13)19-8-2-3-9-19/h2-9,11H,10H2,1H3,(H,15,16,17). The van der Waals surface area contributed by atoms with Crippen molar-refractivity contribution in [3.63, 3.8) is 0 Å². The summed E-state index contributed by atoms with van der Waals surface area (Å²) < 4.78 is 28.2. The van der Waals surface area contributed by atoms with Crippen LogP contribution in [0.1, 0.15) is 5.82 Å². The normalized spacial score (nSPS) is 11.9. The van der Waals surface area contributed by atoms with Gasteiger partial charge in [0.25, 0.3) is 0 Å². The van der Waals surface area contributed by atoms with Crippen molar-refractivity contribution in [1.29, 1.82) is 0 Å². The summed E-state index contributed by atoms with van der Waals surface area (Å²) in [5.74, 6) is 0.495. The summed E-state index contributed by atoms with van der Waals surface area (Å²) in [7, 11) is -2.05. The van der Waals surface area contributed by atoms with Crippen LogP contribution < -0.4 is 0 Å². The number of rotatable bonds is 5. The minimum absolute atomic E-state index is 0.141. The Labute approximate surface area is 128 Å². The fourth-order valence-corrected chi connectivity index (χ4v) is 3.21. The summed E-state index contributed by atoms with van der Waals surface area (Å²) in [6.07, 6.45) is 5.15. The summed E-state index contributed by atoms with van der Waals surface area (Å²) in [6.45, 7) is 0.141. The second kappa shape index (κ2) is 5.74. The van der Waals surface area contributed by atoms with Gasteiger partial charge in [-0.3, -0.25) is 5.10 Å². The monoisotopic (exact) mass is 317 g/mol. The number of H-pyrrole nitrogens is 1. The van der Waals surface area contributed by atoms with Gasteiger partial charge < -0.3 is 4.57 Å². The van der Waals surface area contributed by atoms with E-state index in [9.17, 15) is 8.42 Å². The molecular formula is C14H15N5O2S. The van der Waals surface area contributed by atoms with Crippen LogP contribution >= 0.6 is 0 Å². The maximum atomic E-state index is 12.5. The van der Waals surface area contributed by atoms with Gasteiger partial charge in [0.05, 0.1) is 11.4 Å². The molecule has 0 aliphatic heterocycles. The van der Waals surface area contributed by atoms with Crippen molar-refractivity contribution in [2.24, 2.45) is 0 Å². The number of sulfonamides is 1. The molecule has 0 radical (unpaired) electrons. The maximum Gasteiger partial charge on any atom is 0.243 e. The predicted molar refractivity (Wildman–Crippen MR) is 80.8 cm³/mol. The van der Waals surface area contributed by atoms with Gasteiger partial charge in [0.15, 0.2) is 0 Å². The van der Waals surface area contributed by atoms with E-state index in [4.69, 9.17) is 0 Å². The Bertz CT molecular complexity index is 824. The molecular weight excluding hydrogens is 302 g/mol. The molecule has 0 fully saturated rings. The van der Waals surface area contributed by atoms with Crippen molar-refractivity contribution in [1.82, 2.24) is 24.1 Å². The molecule has 0 amide bonds. The Morgan fingerprint density at radius 3 is 2.45 bits per heavy atom. The topological polar surface area (TPSA) is 83.9 Å². The van der Waals surface area contributed by atoms with E-state index in [0.29, 0.717) is 5.82 Å². The molecule has 7 nitrogen and oxygen atoms in total. The van der Waals surface area contributed by atoms with Crippen LogP contribution in [0, 0.1) is 0 Å². The highest BCUT2D eigenvalue weighted by molar-refractivity contribution is 7.89. The van der Waals surface area contributed by atoms with E-state index in [2.05, 4.69) is 15.2 Å². The van der Waals surface area contributed by atoms with E-state index in [1.807, 2.05) is 29.1 Å². The molecule has 8 heteroatoms. The van der Waals surface area contributed by atoms with Crippen molar-refractivity contribution in [2.75, 3.05) is 7.05 Å². The molecule has 22 heavy (non-hydrogen) atoms. The number of nitrogens with zero attached hydrogens (tertiary/aromatic N) is 4.